The van der Waals surface area contributed by atoms with Gasteiger partial charge in [-0.1, -0.05) is 18.2 Å². The number of nitrogens with zero attached hydrogens (tertiary/aromatic N) is 4. The van der Waals surface area contributed by atoms with Crippen molar-refractivity contribution in [3.8, 4) is 16.9 Å². The highest BCUT2D eigenvalue weighted by Crippen LogP contribution is 2.25. The average molecular weight is 379 g/mol. The van der Waals surface area contributed by atoms with Crippen LogP contribution in [0.1, 0.15) is 12.5 Å². The van der Waals surface area contributed by atoms with Gasteiger partial charge in [0, 0.05) is 29.5 Å². The highest BCUT2D eigenvalue weighted by Gasteiger charge is 2.13. The first kappa shape index (κ1) is 18.8. The Kier molecular flexibility index (Phi) is 5.75. The number of carbonyl (C=O) groups excluding carboxylic acids is 1. The molecule has 0 unspecified atom stereocenters. The summed E-state index contributed by atoms with van der Waals surface area (Å²) in [6.45, 7) is 1.93. The second-order valence-electron chi connectivity index (χ2n) is 5.61. The van der Waals surface area contributed by atoms with Crippen molar-refractivity contribution in [2.45, 2.75) is 6.92 Å². The number of non-ortho nitro benzene ring substituents is 1. The maximum atomic E-state index is 11.4. The van der Waals surface area contributed by atoms with Gasteiger partial charge in [0.25, 0.3) is 5.69 Å². The lowest BCUT2D eigenvalue weighted by atomic mass is 10.1. The molecule has 1 N–H and O–H groups in total. The van der Waals surface area contributed by atoms with Crippen LogP contribution >= 0.6 is 0 Å². The minimum absolute atomic E-state index is 0.00885. The lowest BCUT2D eigenvalue weighted by molar-refractivity contribution is -0.384. The average Bonchev–Trinajstić information content (AvgIpc) is 3.13. The number of rotatable bonds is 6. The van der Waals surface area contributed by atoms with Crippen LogP contribution in [0.5, 0.6) is 0 Å². The van der Waals surface area contributed by atoms with Crippen LogP contribution in [0.15, 0.2) is 65.9 Å². The maximum Gasteiger partial charge on any atom is 0.427 e. The van der Waals surface area contributed by atoms with Gasteiger partial charge in [0.1, 0.15) is 5.69 Å². The first-order valence-electron chi connectivity index (χ1n) is 8.44. The molecule has 1 aromatic heterocycles. The summed E-state index contributed by atoms with van der Waals surface area (Å²) in [5.74, 6) is 0. The van der Waals surface area contributed by atoms with E-state index in [0.717, 1.165) is 5.69 Å². The fourth-order valence-electron chi connectivity index (χ4n) is 2.48. The maximum absolute atomic E-state index is 11.4. The zero-order valence-corrected chi connectivity index (χ0v) is 15.0. The van der Waals surface area contributed by atoms with Crippen LogP contribution in [0.3, 0.4) is 0 Å². The number of hydrazone groups is 1. The van der Waals surface area contributed by atoms with Crippen LogP contribution in [0.4, 0.5) is 10.5 Å². The monoisotopic (exact) mass is 379 g/mol. The van der Waals surface area contributed by atoms with E-state index in [1.807, 2.05) is 30.3 Å². The number of carbonyl (C=O) groups is 1. The molecule has 0 aliphatic rings. The van der Waals surface area contributed by atoms with Gasteiger partial charge in [-0.25, -0.2) is 14.9 Å². The predicted octanol–water partition coefficient (Wildman–Crippen LogP) is 3.53. The zero-order chi connectivity index (χ0) is 19.9. The summed E-state index contributed by atoms with van der Waals surface area (Å²) in [6.07, 6.45) is 2.54. The Hall–Kier alpha value is -4.01. The second kappa shape index (κ2) is 8.58. The van der Waals surface area contributed by atoms with Crippen molar-refractivity contribution >= 4 is 18.0 Å². The van der Waals surface area contributed by atoms with E-state index in [-0.39, 0.29) is 12.3 Å². The number of ether oxygens (including phenoxy) is 1. The lowest BCUT2D eigenvalue weighted by Crippen LogP contribution is -2.18. The largest absolute Gasteiger partial charge is 0.449 e. The molecule has 2 aromatic carbocycles. The van der Waals surface area contributed by atoms with Crippen LogP contribution in [-0.4, -0.2) is 33.6 Å². The molecule has 3 aromatic rings. The van der Waals surface area contributed by atoms with Crippen LogP contribution < -0.4 is 5.43 Å². The molecular weight excluding hydrogens is 362 g/mol. The van der Waals surface area contributed by atoms with Crippen molar-refractivity contribution in [1.82, 2.24) is 15.2 Å². The first-order chi connectivity index (χ1) is 13.6. The zero-order valence-electron chi connectivity index (χ0n) is 15.0. The van der Waals surface area contributed by atoms with Crippen LogP contribution in [-0.2, 0) is 4.74 Å². The van der Waals surface area contributed by atoms with Gasteiger partial charge < -0.3 is 4.74 Å². The Bertz CT molecular complexity index is 997. The van der Waals surface area contributed by atoms with Crippen molar-refractivity contribution in [2.24, 2.45) is 5.10 Å². The number of hydrogen-bond donors (Lipinski definition) is 1. The van der Waals surface area contributed by atoms with Crippen molar-refractivity contribution in [2.75, 3.05) is 6.61 Å². The number of hydrogen-bond acceptors (Lipinski definition) is 6. The molecule has 0 radical (unpaired) electrons. The summed E-state index contributed by atoms with van der Waals surface area (Å²) in [5.41, 5.74) is 4.96. The summed E-state index contributed by atoms with van der Waals surface area (Å²) < 4.78 is 6.43. The van der Waals surface area contributed by atoms with Gasteiger partial charge in [0.05, 0.1) is 23.4 Å². The SMILES string of the molecule is CCOC(=O)N/N=C\c1cn(-c2ccccc2)nc1-c1ccc([N+](=O)[O-])cc1. The molecule has 9 heteroatoms. The van der Waals surface area contributed by atoms with E-state index >= 15 is 0 Å². The molecule has 0 spiro atoms. The second-order valence-corrected chi connectivity index (χ2v) is 5.61. The molecule has 0 atom stereocenters. The fourth-order valence-corrected chi connectivity index (χ4v) is 2.48. The summed E-state index contributed by atoms with van der Waals surface area (Å²) in [5, 5.41) is 19.3. The third-order valence-electron chi connectivity index (χ3n) is 3.75. The van der Waals surface area contributed by atoms with Crippen LogP contribution in [0.2, 0.25) is 0 Å². The molecule has 3 rings (SSSR count). The number of benzene rings is 2. The van der Waals surface area contributed by atoms with Crippen molar-refractivity contribution in [3.05, 3.63) is 76.5 Å². The number of nitrogens with one attached hydrogen (secondary N) is 1. The standard InChI is InChI=1S/C19H17N5O4/c1-2-28-19(25)21-20-12-15-13-23(16-6-4-3-5-7-16)22-18(15)14-8-10-17(11-9-14)24(26)27/h3-13H,2H2,1H3,(H,21,25)/b20-12-. The number of amides is 1. The quantitative estimate of drug-likeness (QED) is 0.400. The first-order valence-corrected chi connectivity index (χ1v) is 8.44. The van der Waals surface area contributed by atoms with Crippen molar-refractivity contribution in [1.29, 1.82) is 0 Å². The van der Waals surface area contributed by atoms with E-state index in [9.17, 15) is 14.9 Å². The summed E-state index contributed by atoms with van der Waals surface area (Å²) in [4.78, 5) is 21.8. The van der Waals surface area contributed by atoms with E-state index in [1.165, 1.54) is 18.3 Å². The Labute approximate surface area is 160 Å². The molecule has 0 saturated heterocycles. The number of nitro benzene ring substituents is 1. The van der Waals surface area contributed by atoms with Crippen molar-refractivity contribution < 1.29 is 14.5 Å². The van der Waals surface area contributed by atoms with E-state index in [2.05, 4.69) is 15.6 Å². The molecule has 0 saturated carbocycles. The molecule has 28 heavy (non-hydrogen) atoms. The van der Waals surface area contributed by atoms with Crippen LogP contribution in [0.25, 0.3) is 16.9 Å². The normalized spacial score (nSPS) is 10.8. The molecule has 0 fully saturated rings. The van der Waals surface area contributed by atoms with Gasteiger partial charge in [0.15, 0.2) is 0 Å². The Morgan fingerprint density at radius 2 is 1.96 bits per heavy atom. The Morgan fingerprint density at radius 3 is 2.61 bits per heavy atom. The number of para-hydroxylation sites is 1. The van der Waals surface area contributed by atoms with Gasteiger partial charge in [-0.2, -0.15) is 10.2 Å². The molecule has 0 aliphatic heterocycles. The van der Waals surface area contributed by atoms with Gasteiger partial charge in [0.2, 0.25) is 0 Å². The van der Waals surface area contributed by atoms with E-state index in [0.29, 0.717) is 16.8 Å². The predicted molar refractivity (Wildman–Crippen MR) is 103 cm³/mol. The Balaban J connectivity index is 1.96. The molecule has 142 valence electrons. The molecule has 1 heterocycles. The minimum atomic E-state index is -0.661. The number of aromatic nitrogens is 2. The lowest BCUT2D eigenvalue weighted by Gasteiger charge is -2.00. The third kappa shape index (κ3) is 4.39. The van der Waals surface area contributed by atoms with E-state index in [1.54, 1.807) is 29.9 Å². The Morgan fingerprint density at radius 1 is 1.25 bits per heavy atom. The highest BCUT2D eigenvalue weighted by molar-refractivity contribution is 5.89. The van der Waals surface area contributed by atoms with Gasteiger partial charge in [-0.3, -0.25) is 10.1 Å². The molecular formula is C19H17N5O4. The molecule has 9 nitrogen and oxygen atoms in total. The molecule has 0 aliphatic carbocycles. The number of nitro groups is 1. The summed E-state index contributed by atoms with van der Waals surface area (Å²) in [7, 11) is 0. The minimum Gasteiger partial charge on any atom is -0.449 e. The smallest absolute Gasteiger partial charge is 0.427 e. The van der Waals surface area contributed by atoms with Gasteiger partial charge >= 0.3 is 6.09 Å². The summed E-state index contributed by atoms with van der Waals surface area (Å²) in [6, 6.07) is 15.5. The molecule has 0 bridgehead atoms. The van der Waals surface area contributed by atoms with E-state index < -0.39 is 11.0 Å². The highest BCUT2D eigenvalue weighted by atomic mass is 16.6. The van der Waals surface area contributed by atoms with Crippen LogP contribution in [0, 0.1) is 10.1 Å². The topological polar surface area (TPSA) is 112 Å². The summed E-state index contributed by atoms with van der Waals surface area (Å²) >= 11 is 0. The molecule has 1 amide bonds. The van der Waals surface area contributed by atoms with Gasteiger partial charge in [-0.15, -0.1) is 0 Å². The fraction of sp³-hybridized carbons (Fsp3) is 0.105. The van der Waals surface area contributed by atoms with E-state index in [4.69, 9.17) is 4.74 Å². The van der Waals surface area contributed by atoms with Gasteiger partial charge in [-0.05, 0) is 31.2 Å². The van der Waals surface area contributed by atoms with Crippen molar-refractivity contribution in [3.63, 3.8) is 0 Å². The third-order valence-corrected chi connectivity index (χ3v) is 3.75.